The van der Waals surface area contributed by atoms with Gasteiger partial charge in [-0.3, -0.25) is 4.79 Å². The van der Waals surface area contributed by atoms with Crippen LogP contribution in [0.15, 0.2) is 72.9 Å². The van der Waals surface area contributed by atoms with Crippen molar-refractivity contribution in [2.45, 2.75) is 12.5 Å². The Morgan fingerprint density at radius 1 is 0.964 bits per heavy atom. The van der Waals surface area contributed by atoms with Gasteiger partial charge in [0.15, 0.2) is 0 Å². The fourth-order valence-corrected chi connectivity index (χ4v) is 4.04. The van der Waals surface area contributed by atoms with E-state index in [0.29, 0.717) is 11.4 Å². The van der Waals surface area contributed by atoms with E-state index in [9.17, 15) is 4.79 Å². The van der Waals surface area contributed by atoms with Gasteiger partial charge in [-0.15, -0.1) is 0 Å². The third-order valence-electron chi connectivity index (χ3n) is 4.39. The van der Waals surface area contributed by atoms with Crippen LogP contribution in [0.2, 0.25) is 0 Å². The average molecular weight is 391 g/mol. The monoisotopic (exact) mass is 391 g/mol. The summed E-state index contributed by atoms with van der Waals surface area (Å²) in [6.07, 6.45) is 2.76. The first kappa shape index (κ1) is 18.4. The maximum Gasteiger partial charge on any atom is 0.261 e. The van der Waals surface area contributed by atoms with Crippen LogP contribution in [0, 0.1) is 0 Å². The SMILES string of the molecule is O=C(Nc1ccc(Nc2ccccc2)cc1)c1cccnc1OC1CCSC1. The third-order valence-corrected chi connectivity index (χ3v) is 5.52. The highest BCUT2D eigenvalue weighted by Crippen LogP contribution is 2.25. The van der Waals surface area contributed by atoms with Crippen molar-refractivity contribution < 1.29 is 9.53 Å². The summed E-state index contributed by atoms with van der Waals surface area (Å²) in [7, 11) is 0. The highest BCUT2D eigenvalue weighted by molar-refractivity contribution is 7.99. The molecule has 5 nitrogen and oxygen atoms in total. The quantitative estimate of drug-likeness (QED) is 0.622. The second-order valence-electron chi connectivity index (χ2n) is 6.48. The average Bonchev–Trinajstić information content (AvgIpc) is 3.24. The Morgan fingerprint density at radius 2 is 1.71 bits per heavy atom. The van der Waals surface area contributed by atoms with Gasteiger partial charge in [-0.1, -0.05) is 18.2 Å². The van der Waals surface area contributed by atoms with Gasteiger partial charge in [0.2, 0.25) is 5.88 Å². The summed E-state index contributed by atoms with van der Waals surface area (Å²) in [5.41, 5.74) is 3.13. The van der Waals surface area contributed by atoms with Gasteiger partial charge in [0.05, 0.1) is 0 Å². The highest BCUT2D eigenvalue weighted by Gasteiger charge is 2.21. The number of thioether (sulfide) groups is 1. The predicted octanol–water partition coefficient (Wildman–Crippen LogP) is 4.96. The summed E-state index contributed by atoms with van der Waals surface area (Å²) in [5.74, 6) is 2.20. The minimum absolute atomic E-state index is 0.120. The number of carbonyl (C=O) groups excluding carboxylic acids is 1. The zero-order valence-electron chi connectivity index (χ0n) is 15.3. The number of hydrogen-bond acceptors (Lipinski definition) is 5. The number of amides is 1. The second-order valence-corrected chi connectivity index (χ2v) is 7.63. The van der Waals surface area contributed by atoms with Crippen molar-refractivity contribution in [1.29, 1.82) is 0 Å². The number of benzene rings is 2. The van der Waals surface area contributed by atoms with Crippen molar-refractivity contribution >= 4 is 34.7 Å². The number of ether oxygens (including phenoxy) is 1. The molecule has 0 radical (unpaired) electrons. The number of aromatic nitrogens is 1. The molecule has 1 atom stereocenters. The Morgan fingerprint density at radius 3 is 2.46 bits per heavy atom. The van der Waals surface area contributed by atoms with E-state index >= 15 is 0 Å². The molecule has 1 fully saturated rings. The topological polar surface area (TPSA) is 63.2 Å². The molecular formula is C22H21N3O2S. The fourth-order valence-electron chi connectivity index (χ4n) is 2.94. The van der Waals surface area contributed by atoms with Crippen LogP contribution < -0.4 is 15.4 Å². The molecule has 28 heavy (non-hydrogen) atoms. The Bertz CT molecular complexity index is 926. The van der Waals surface area contributed by atoms with Crippen molar-refractivity contribution in [3.05, 3.63) is 78.5 Å². The summed E-state index contributed by atoms with van der Waals surface area (Å²) in [5, 5.41) is 6.24. The molecule has 1 saturated heterocycles. The molecule has 2 N–H and O–H groups in total. The fraction of sp³-hybridized carbons (Fsp3) is 0.182. The Labute approximate surface area is 168 Å². The van der Waals surface area contributed by atoms with Crippen molar-refractivity contribution in [1.82, 2.24) is 4.98 Å². The van der Waals surface area contributed by atoms with Crippen LogP contribution in [0.1, 0.15) is 16.8 Å². The van der Waals surface area contributed by atoms with Gasteiger partial charge >= 0.3 is 0 Å². The lowest BCUT2D eigenvalue weighted by Crippen LogP contribution is -2.20. The van der Waals surface area contributed by atoms with E-state index < -0.39 is 0 Å². The first-order valence-electron chi connectivity index (χ1n) is 9.21. The van der Waals surface area contributed by atoms with E-state index in [1.54, 1.807) is 18.3 Å². The van der Waals surface area contributed by atoms with Gasteiger partial charge in [-0.05, 0) is 60.7 Å². The molecule has 2 aromatic carbocycles. The number of pyridine rings is 1. The summed E-state index contributed by atoms with van der Waals surface area (Å²) in [6.45, 7) is 0. The zero-order valence-corrected chi connectivity index (χ0v) is 16.1. The first-order valence-corrected chi connectivity index (χ1v) is 10.4. The minimum Gasteiger partial charge on any atom is -0.473 e. The van der Waals surface area contributed by atoms with Crippen molar-refractivity contribution in [3.8, 4) is 5.88 Å². The van der Waals surface area contributed by atoms with E-state index in [0.717, 1.165) is 35.0 Å². The molecular weight excluding hydrogens is 370 g/mol. The third kappa shape index (κ3) is 4.64. The number of anilines is 3. The maximum absolute atomic E-state index is 12.7. The standard InChI is InChI=1S/C22H21N3O2S/c26-21(20-7-4-13-23-22(20)27-19-12-14-28-15-19)25-18-10-8-17(9-11-18)24-16-5-2-1-3-6-16/h1-11,13,19,24H,12,14-15H2,(H,25,26). The van der Waals surface area contributed by atoms with Crippen LogP contribution >= 0.6 is 11.8 Å². The molecule has 2 heterocycles. The van der Waals surface area contributed by atoms with Crippen molar-refractivity contribution in [2.75, 3.05) is 22.1 Å². The van der Waals surface area contributed by atoms with Gasteiger partial charge in [0.25, 0.3) is 5.91 Å². The lowest BCUT2D eigenvalue weighted by Gasteiger charge is -2.14. The van der Waals surface area contributed by atoms with Crippen LogP contribution in [0.4, 0.5) is 17.1 Å². The predicted molar refractivity (Wildman–Crippen MR) is 115 cm³/mol. The molecule has 4 rings (SSSR count). The largest absolute Gasteiger partial charge is 0.473 e. The summed E-state index contributed by atoms with van der Waals surface area (Å²) in [4.78, 5) is 17.0. The summed E-state index contributed by atoms with van der Waals surface area (Å²) < 4.78 is 5.95. The van der Waals surface area contributed by atoms with Gasteiger partial charge in [-0.2, -0.15) is 11.8 Å². The van der Waals surface area contributed by atoms with Gasteiger partial charge < -0.3 is 15.4 Å². The van der Waals surface area contributed by atoms with Gasteiger partial charge in [-0.25, -0.2) is 4.98 Å². The molecule has 3 aromatic rings. The molecule has 0 aliphatic carbocycles. The van der Waals surface area contributed by atoms with Crippen molar-refractivity contribution in [3.63, 3.8) is 0 Å². The number of carbonyl (C=O) groups is 1. The second kappa shape index (κ2) is 8.80. The first-order chi connectivity index (χ1) is 13.8. The number of rotatable bonds is 6. The smallest absolute Gasteiger partial charge is 0.261 e. The molecule has 1 aliphatic heterocycles. The van der Waals surface area contributed by atoms with Crippen LogP contribution in [-0.2, 0) is 0 Å². The van der Waals surface area contributed by atoms with Gasteiger partial charge in [0, 0.05) is 29.0 Å². The minimum atomic E-state index is -0.225. The van der Waals surface area contributed by atoms with Crippen LogP contribution in [0.25, 0.3) is 0 Å². The van der Waals surface area contributed by atoms with Crippen LogP contribution in [-0.4, -0.2) is 28.5 Å². The molecule has 1 aliphatic rings. The van der Waals surface area contributed by atoms with Crippen molar-refractivity contribution in [2.24, 2.45) is 0 Å². The molecule has 1 aromatic heterocycles. The molecule has 1 amide bonds. The molecule has 142 valence electrons. The maximum atomic E-state index is 12.7. The van der Waals surface area contributed by atoms with E-state index in [1.807, 2.05) is 66.4 Å². The molecule has 0 saturated carbocycles. The van der Waals surface area contributed by atoms with Crippen LogP contribution in [0.3, 0.4) is 0 Å². The Balaban J connectivity index is 1.42. The Kier molecular flexibility index (Phi) is 5.77. The van der Waals surface area contributed by atoms with E-state index in [4.69, 9.17) is 4.74 Å². The zero-order chi connectivity index (χ0) is 19.2. The molecule has 0 bridgehead atoms. The normalized spacial score (nSPS) is 15.8. The number of para-hydroxylation sites is 1. The Hall–Kier alpha value is -2.99. The number of nitrogens with zero attached hydrogens (tertiary/aromatic N) is 1. The lowest BCUT2D eigenvalue weighted by molar-refractivity contribution is 0.101. The van der Waals surface area contributed by atoms with E-state index in [1.165, 1.54) is 0 Å². The summed E-state index contributed by atoms with van der Waals surface area (Å²) >= 11 is 1.86. The molecule has 6 heteroatoms. The number of nitrogens with one attached hydrogen (secondary N) is 2. The molecule has 0 spiro atoms. The van der Waals surface area contributed by atoms with E-state index in [-0.39, 0.29) is 12.0 Å². The van der Waals surface area contributed by atoms with Crippen LogP contribution in [0.5, 0.6) is 5.88 Å². The number of hydrogen-bond donors (Lipinski definition) is 2. The lowest BCUT2D eigenvalue weighted by atomic mass is 10.2. The summed E-state index contributed by atoms with van der Waals surface area (Å²) in [6, 6.07) is 21.0. The molecule has 1 unspecified atom stereocenters. The highest BCUT2D eigenvalue weighted by atomic mass is 32.2. The van der Waals surface area contributed by atoms with E-state index in [2.05, 4.69) is 15.6 Å². The van der Waals surface area contributed by atoms with Gasteiger partial charge in [0.1, 0.15) is 11.7 Å².